The Morgan fingerprint density at radius 1 is 1.04 bits per heavy atom. The fraction of sp³-hybridized carbons (Fsp3) is 0.318. The third kappa shape index (κ3) is 3.12. The minimum Gasteiger partial charge on any atom is -0.460 e. The van der Waals surface area contributed by atoms with Gasteiger partial charge in [0.2, 0.25) is 5.72 Å². The van der Waals surface area contributed by atoms with Crippen molar-refractivity contribution in [1.29, 1.82) is 0 Å². The van der Waals surface area contributed by atoms with E-state index < -0.39 is 5.72 Å². The fourth-order valence-corrected chi connectivity index (χ4v) is 3.47. The van der Waals surface area contributed by atoms with E-state index in [1.807, 2.05) is 55.5 Å². The van der Waals surface area contributed by atoms with Gasteiger partial charge in [0.1, 0.15) is 5.75 Å². The minimum absolute atomic E-state index is 0.0730. The summed E-state index contributed by atoms with van der Waals surface area (Å²) in [4.78, 5) is 15.0. The van der Waals surface area contributed by atoms with E-state index in [0.717, 1.165) is 11.1 Å². The number of nitrogens with zero attached hydrogens (tertiary/aromatic N) is 1. The molecule has 4 nitrogen and oxygen atoms in total. The van der Waals surface area contributed by atoms with Crippen LogP contribution in [0.5, 0.6) is 5.75 Å². The summed E-state index contributed by atoms with van der Waals surface area (Å²) in [6, 6.07) is 15.5. The lowest BCUT2D eigenvalue weighted by atomic mass is 9.93. The molecule has 0 aromatic heterocycles. The van der Waals surface area contributed by atoms with Gasteiger partial charge in [0, 0.05) is 18.7 Å². The topological polar surface area (TPSA) is 38.8 Å². The van der Waals surface area contributed by atoms with Gasteiger partial charge in [-0.1, -0.05) is 36.3 Å². The lowest BCUT2D eigenvalue weighted by Crippen LogP contribution is -2.58. The molecular formula is C22H21NO3. The Morgan fingerprint density at radius 3 is 2.58 bits per heavy atom. The number of hydrogen-bond acceptors (Lipinski definition) is 4. The van der Waals surface area contributed by atoms with Gasteiger partial charge in [0.15, 0.2) is 5.78 Å². The molecule has 0 radical (unpaired) electrons. The quantitative estimate of drug-likeness (QED) is 0.744. The third-order valence-corrected chi connectivity index (χ3v) is 4.88. The highest BCUT2D eigenvalue weighted by molar-refractivity contribution is 6.01. The molecule has 0 bridgehead atoms. The van der Waals surface area contributed by atoms with Gasteiger partial charge < -0.3 is 9.47 Å². The summed E-state index contributed by atoms with van der Waals surface area (Å²) in [7, 11) is 0. The number of carbonyl (C=O) groups excluding carboxylic acids is 1. The molecule has 1 saturated heterocycles. The molecule has 2 aliphatic rings. The van der Waals surface area contributed by atoms with Gasteiger partial charge in [0.25, 0.3) is 0 Å². The highest BCUT2D eigenvalue weighted by atomic mass is 16.5. The van der Waals surface area contributed by atoms with Crippen LogP contribution in [0.2, 0.25) is 0 Å². The summed E-state index contributed by atoms with van der Waals surface area (Å²) < 4.78 is 11.9. The zero-order chi connectivity index (χ0) is 18.0. The van der Waals surface area contributed by atoms with Crippen molar-refractivity contribution in [1.82, 2.24) is 4.90 Å². The first kappa shape index (κ1) is 16.8. The van der Waals surface area contributed by atoms with Crippen molar-refractivity contribution in [3.8, 4) is 17.6 Å². The maximum atomic E-state index is 12.9. The molecule has 0 N–H and O–H groups in total. The Kier molecular flexibility index (Phi) is 4.50. The summed E-state index contributed by atoms with van der Waals surface area (Å²) in [6.45, 7) is 4.59. The largest absolute Gasteiger partial charge is 0.460 e. The second-order valence-corrected chi connectivity index (χ2v) is 6.65. The van der Waals surface area contributed by atoms with Crippen molar-refractivity contribution >= 4 is 5.78 Å². The van der Waals surface area contributed by atoms with Gasteiger partial charge in [-0.3, -0.25) is 9.69 Å². The van der Waals surface area contributed by atoms with Crippen LogP contribution in [-0.4, -0.2) is 42.7 Å². The summed E-state index contributed by atoms with van der Waals surface area (Å²) >= 11 is 0. The Labute approximate surface area is 153 Å². The summed E-state index contributed by atoms with van der Waals surface area (Å²) in [6.07, 6.45) is 0.225. The second kappa shape index (κ2) is 6.95. The van der Waals surface area contributed by atoms with Crippen LogP contribution < -0.4 is 4.74 Å². The number of aryl methyl sites for hydroxylation is 1. The van der Waals surface area contributed by atoms with E-state index in [4.69, 9.17) is 9.47 Å². The van der Waals surface area contributed by atoms with Crippen LogP contribution in [-0.2, 0) is 4.74 Å². The highest BCUT2D eigenvalue weighted by Crippen LogP contribution is 2.37. The van der Waals surface area contributed by atoms with Crippen molar-refractivity contribution in [3.63, 3.8) is 0 Å². The monoisotopic (exact) mass is 347 g/mol. The number of carbonyl (C=O) groups is 1. The van der Waals surface area contributed by atoms with Crippen LogP contribution in [0.15, 0.2) is 48.5 Å². The van der Waals surface area contributed by atoms with Gasteiger partial charge >= 0.3 is 0 Å². The number of fused-ring (bicyclic) bond motifs is 1. The molecule has 2 aromatic rings. The van der Waals surface area contributed by atoms with Crippen molar-refractivity contribution < 1.29 is 14.3 Å². The number of ether oxygens (including phenoxy) is 2. The molecule has 0 spiro atoms. The van der Waals surface area contributed by atoms with Gasteiger partial charge in [-0.25, -0.2) is 0 Å². The first-order chi connectivity index (χ1) is 12.7. The second-order valence-electron chi connectivity index (χ2n) is 6.65. The molecule has 4 heteroatoms. The number of hydrogen-bond donors (Lipinski definition) is 0. The van der Waals surface area contributed by atoms with Gasteiger partial charge in [-0.05, 0) is 36.6 Å². The average Bonchev–Trinajstić information content (AvgIpc) is 2.69. The Hall–Kier alpha value is -2.61. The van der Waals surface area contributed by atoms with Crippen LogP contribution in [0.25, 0.3) is 0 Å². The average molecular weight is 347 g/mol. The number of benzene rings is 2. The Morgan fingerprint density at radius 2 is 1.81 bits per heavy atom. The van der Waals surface area contributed by atoms with Crippen LogP contribution in [0, 0.1) is 18.8 Å². The molecule has 4 rings (SSSR count). The molecule has 0 amide bonds. The molecule has 2 aromatic carbocycles. The third-order valence-electron chi connectivity index (χ3n) is 4.88. The number of rotatable bonds is 1. The van der Waals surface area contributed by atoms with Crippen molar-refractivity contribution in [3.05, 3.63) is 65.2 Å². The SMILES string of the molecule is Cc1cccc2c1OC(C#Cc1ccccc1)(N1CCOCC1)CC2=O. The van der Waals surface area contributed by atoms with E-state index in [1.165, 1.54) is 0 Å². The van der Waals surface area contributed by atoms with Gasteiger partial charge in [-0.15, -0.1) is 0 Å². The van der Waals surface area contributed by atoms with E-state index in [-0.39, 0.29) is 12.2 Å². The fourth-order valence-electron chi connectivity index (χ4n) is 3.47. The predicted octanol–water partition coefficient (Wildman–Crippen LogP) is 3.04. The Bertz CT molecular complexity index is 875. The molecule has 0 aliphatic carbocycles. The number of para-hydroxylation sites is 1. The van der Waals surface area contributed by atoms with Gasteiger partial charge in [0.05, 0.1) is 25.2 Å². The first-order valence-corrected chi connectivity index (χ1v) is 8.91. The molecule has 1 atom stereocenters. The molecule has 132 valence electrons. The number of Topliss-reactive ketones (excluding diaryl/α,β-unsaturated/α-hetero) is 1. The molecule has 1 unspecified atom stereocenters. The van der Waals surface area contributed by atoms with Crippen molar-refractivity contribution in [2.24, 2.45) is 0 Å². The van der Waals surface area contributed by atoms with Crippen LogP contribution in [0.4, 0.5) is 0 Å². The molecular weight excluding hydrogens is 326 g/mol. The van der Waals surface area contributed by atoms with E-state index in [0.29, 0.717) is 37.6 Å². The van der Waals surface area contributed by atoms with Crippen LogP contribution in [0.1, 0.15) is 27.9 Å². The van der Waals surface area contributed by atoms with Crippen LogP contribution >= 0.6 is 0 Å². The summed E-state index contributed by atoms with van der Waals surface area (Å²) in [5.41, 5.74) is 1.56. The van der Waals surface area contributed by atoms with Gasteiger partial charge in [-0.2, -0.15) is 0 Å². The van der Waals surface area contributed by atoms with Crippen molar-refractivity contribution in [2.45, 2.75) is 19.1 Å². The molecule has 2 heterocycles. The van der Waals surface area contributed by atoms with E-state index in [1.54, 1.807) is 0 Å². The lowest BCUT2D eigenvalue weighted by Gasteiger charge is -2.44. The maximum Gasteiger partial charge on any atom is 0.234 e. The normalized spacial score (nSPS) is 22.7. The molecule has 0 saturated carbocycles. The highest BCUT2D eigenvalue weighted by Gasteiger charge is 2.45. The standard InChI is InChI=1S/C22H21NO3/c1-17-6-5-9-19-20(24)16-22(26-21(17)19,23-12-14-25-15-13-23)11-10-18-7-3-2-4-8-18/h2-9H,12-16H2,1H3. The summed E-state index contributed by atoms with van der Waals surface area (Å²) in [5, 5.41) is 0. The Balaban J connectivity index is 1.78. The number of morpholine rings is 1. The minimum atomic E-state index is -0.949. The molecule has 2 aliphatic heterocycles. The number of ketones is 1. The zero-order valence-electron chi connectivity index (χ0n) is 14.8. The maximum absolute atomic E-state index is 12.9. The summed E-state index contributed by atoms with van der Waals surface area (Å²) in [5.74, 6) is 7.23. The molecule has 26 heavy (non-hydrogen) atoms. The van der Waals surface area contributed by atoms with Crippen LogP contribution in [0.3, 0.4) is 0 Å². The predicted molar refractivity (Wildman–Crippen MR) is 99.2 cm³/mol. The van der Waals surface area contributed by atoms with E-state index >= 15 is 0 Å². The first-order valence-electron chi connectivity index (χ1n) is 8.91. The zero-order valence-corrected chi connectivity index (χ0v) is 14.8. The molecule has 1 fully saturated rings. The van der Waals surface area contributed by atoms with E-state index in [9.17, 15) is 4.79 Å². The lowest BCUT2D eigenvalue weighted by molar-refractivity contribution is -0.0896. The van der Waals surface area contributed by atoms with Crippen molar-refractivity contribution in [2.75, 3.05) is 26.3 Å². The van der Waals surface area contributed by atoms with E-state index in [2.05, 4.69) is 16.7 Å². The smallest absolute Gasteiger partial charge is 0.234 e.